The van der Waals surface area contributed by atoms with Crippen LogP contribution in [-0.4, -0.2) is 28.7 Å². The molecule has 0 saturated heterocycles. The first-order chi connectivity index (χ1) is 10.4. The summed E-state index contributed by atoms with van der Waals surface area (Å²) in [6, 6.07) is 3.40. The second kappa shape index (κ2) is 6.25. The van der Waals surface area contributed by atoms with Gasteiger partial charge in [0.2, 0.25) is 5.88 Å². The van der Waals surface area contributed by atoms with Gasteiger partial charge in [-0.05, 0) is 32.9 Å². The third-order valence-electron chi connectivity index (χ3n) is 2.85. The van der Waals surface area contributed by atoms with Gasteiger partial charge in [0.25, 0.3) is 5.91 Å². The van der Waals surface area contributed by atoms with Gasteiger partial charge < -0.3 is 20.2 Å². The lowest BCUT2D eigenvalue weighted by atomic mass is 10.1. The molecule has 22 heavy (non-hydrogen) atoms. The Balaban J connectivity index is 2.43. The lowest BCUT2D eigenvalue weighted by molar-refractivity contribution is 0.0521. The Kier molecular flexibility index (Phi) is 4.40. The molecule has 1 amide bonds. The van der Waals surface area contributed by atoms with Crippen molar-refractivity contribution in [2.75, 3.05) is 11.9 Å². The summed E-state index contributed by atoms with van der Waals surface area (Å²) in [5, 5.41) is 10.6. The van der Waals surface area contributed by atoms with E-state index in [1.165, 1.54) is 0 Å². The molecule has 0 unspecified atom stereocenters. The van der Waals surface area contributed by atoms with Crippen molar-refractivity contribution in [2.24, 2.45) is 5.73 Å². The summed E-state index contributed by atoms with van der Waals surface area (Å²) >= 11 is 0. The van der Waals surface area contributed by atoms with E-state index in [1.807, 2.05) is 0 Å². The molecule has 3 N–H and O–H groups in total. The summed E-state index contributed by atoms with van der Waals surface area (Å²) in [7, 11) is 0. The van der Waals surface area contributed by atoms with E-state index in [2.05, 4.69) is 15.5 Å². The summed E-state index contributed by atoms with van der Waals surface area (Å²) in [5.74, 6) is -0.846. The lowest BCUT2D eigenvalue weighted by Crippen LogP contribution is -2.18. The van der Waals surface area contributed by atoms with Crippen LogP contribution in [0.4, 0.5) is 11.7 Å². The third kappa shape index (κ3) is 3.05. The topological polar surface area (TPSA) is 120 Å². The van der Waals surface area contributed by atoms with E-state index in [0.29, 0.717) is 5.82 Å². The van der Waals surface area contributed by atoms with Crippen LogP contribution >= 0.6 is 0 Å². The minimum absolute atomic E-state index is 0.0110. The molecule has 8 heteroatoms. The van der Waals surface area contributed by atoms with Crippen molar-refractivity contribution in [3.63, 3.8) is 0 Å². The maximum Gasteiger partial charge on any atom is 0.342 e. The fourth-order valence-corrected chi connectivity index (χ4v) is 1.90. The van der Waals surface area contributed by atoms with Crippen LogP contribution in [0.1, 0.15) is 39.1 Å². The van der Waals surface area contributed by atoms with E-state index < -0.39 is 11.9 Å². The molecular formula is C14H16N4O4. The summed E-state index contributed by atoms with van der Waals surface area (Å²) in [5.41, 5.74) is 6.04. The molecule has 0 aliphatic heterocycles. The Labute approximate surface area is 126 Å². The number of carbonyl (C=O) groups is 2. The van der Waals surface area contributed by atoms with Gasteiger partial charge >= 0.3 is 5.97 Å². The van der Waals surface area contributed by atoms with Crippen LogP contribution in [-0.2, 0) is 4.74 Å². The highest BCUT2D eigenvalue weighted by molar-refractivity contribution is 6.09. The number of esters is 1. The average Bonchev–Trinajstić information content (AvgIpc) is 2.78. The number of primary amides is 1. The number of carbonyl (C=O) groups excluding carboxylic acids is 2. The predicted molar refractivity (Wildman–Crippen MR) is 78.0 cm³/mol. The van der Waals surface area contributed by atoms with Crippen molar-refractivity contribution in [1.82, 2.24) is 10.2 Å². The number of furan rings is 1. The summed E-state index contributed by atoms with van der Waals surface area (Å²) in [6.45, 7) is 5.18. The molecular weight excluding hydrogens is 288 g/mol. The van der Waals surface area contributed by atoms with Crippen molar-refractivity contribution >= 4 is 23.6 Å². The lowest BCUT2D eigenvalue weighted by Gasteiger charge is -2.04. The average molecular weight is 304 g/mol. The zero-order chi connectivity index (χ0) is 16.3. The molecule has 8 nitrogen and oxygen atoms in total. The zero-order valence-corrected chi connectivity index (χ0v) is 12.5. The molecule has 2 aromatic heterocycles. The zero-order valence-electron chi connectivity index (χ0n) is 12.5. The molecule has 116 valence electrons. The Morgan fingerprint density at radius 2 is 2.00 bits per heavy atom. The van der Waals surface area contributed by atoms with Crippen LogP contribution in [0.2, 0.25) is 0 Å². The highest BCUT2D eigenvalue weighted by Gasteiger charge is 2.28. The number of anilines is 2. The van der Waals surface area contributed by atoms with Gasteiger partial charge in [-0.15, -0.1) is 5.10 Å². The number of nitrogens with zero attached hydrogens (tertiary/aromatic N) is 2. The number of hydrogen-bond donors (Lipinski definition) is 2. The van der Waals surface area contributed by atoms with Crippen molar-refractivity contribution in [3.05, 3.63) is 34.7 Å². The Bertz CT molecular complexity index is 706. The molecule has 2 heterocycles. The van der Waals surface area contributed by atoms with Gasteiger partial charge in [0.15, 0.2) is 5.82 Å². The van der Waals surface area contributed by atoms with Crippen LogP contribution in [0.15, 0.2) is 16.5 Å². The quantitative estimate of drug-likeness (QED) is 0.806. The normalized spacial score (nSPS) is 10.3. The first kappa shape index (κ1) is 15.5. The van der Waals surface area contributed by atoms with Gasteiger partial charge in [-0.1, -0.05) is 0 Å². The fourth-order valence-electron chi connectivity index (χ4n) is 1.90. The van der Waals surface area contributed by atoms with E-state index in [0.717, 1.165) is 5.69 Å². The Morgan fingerprint density at radius 3 is 2.55 bits per heavy atom. The number of rotatable bonds is 5. The van der Waals surface area contributed by atoms with Crippen molar-refractivity contribution in [1.29, 1.82) is 0 Å². The van der Waals surface area contributed by atoms with Crippen molar-refractivity contribution < 1.29 is 18.7 Å². The van der Waals surface area contributed by atoms with Crippen LogP contribution in [0.3, 0.4) is 0 Å². The van der Waals surface area contributed by atoms with E-state index in [4.69, 9.17) is 14.9 Å². The first-order valence-electron chi connectivity index (χ1n) is 6.61. The minimum atomic E-state index is -0.803. The van der Waals surface area contributed by atoms with E-state index in [1.54, 1.807) is 32.9 Å². The summed E-state index contributed by atoms with van der Waals surface area (Å²) < 4.78 is 10.3. The third-order valence-corrected chi connectivity index (χ3v) is 2.85. The van der Waals surface area contributed by atoms with Crippen LogP contribution in [0, 0.1) is 13.8 Å². The first-order valence-corrected chi connectivity index (χ1v) is 6.61. The fraction of sp³-hybridized carbons (Fsp3) is 0.286. The second-order valence-electron chi connectivity index (χ2n) is 4.51. The van der Waals surface area contributed by atoms with Gasteiger partial charge in [-0.3, -0.25) is 4.79 Å². The molecule has 2 aromatic rings. The van der Waals surface area contributed by atoms with E-state index in [9.17, 15) is 9.59 Å². The molecule has 0 aliphatic carbocycles. The number of aromatic nitrogens is 2. The Morgan fingerprint density at radius 1 is 1.27 bits per heavy atom. The van der Waals surface area contributed by atoms with Gasteiger partial charge in [-0.25, -0.2) is 4.79 Å². The number of nitrogens with two attached hydrogens (primary N) is 1. The highest BCUT2D eigenvalue weighted by atomic mass is 16.5. The van der Waals surface area contributed by atoms with Crippen molar-refractivity contribution in [3.8, 4) is 0 Å². The van der Waals surface area contributed by atoms with Crippen molar-refractivity contribution in [2.45, 2.75) is 20.8 Å². The molecule has 2 rings (SSSR count). The predicted octanol–water partition coefficient (Wildman–Crippen LogP) is 1.71. The standard InChI is InChI=1S/C14H16N4O4/c1-4-21-14(20)10-8(3)22-13(11(10)12(15)19)16-9-6-5-7(2)17-18-9/h5-6H,4H2,1-3H3,(H2,15,19)(H,16,18). The molecule has 0 radical (unpaired) electrons. The largest absolute Gasteiger partial charge is 0.462 e. The van der Waals surface area contributed by atoms with Crippen LogP contribution in [0.25, 0.3) is 0 Å². The van der Waals surface area contributed by atoms with Crippen LogP contribution < -0.4 is 11.1 Å². The van der Waals surface area contributed by atoms with Gasteiger partial charge in [0, 0.05) is 0 Å². The van der Waals surface area contributed by atoms with Gasteiger partial charge in [0.05, 0.1) is 12.3 Å². The van der Waals surface area contributed by atoms with Gasteiger partial charge in [-0.2, -0.15) is 5.10 Å². The SMILES string of the molecule is CCOC(=O)c1c(C)oc(Nc2ccc(C)nn2)c1C(N)=O. The molecule has 0 aromatic carbocycles. The monoisotopic (exact) mass is 304 g/mol. The smallest absolute Gasteiger partial charge is 0.342 e. The number of hydrogen-bond acceptors (Lipinski definition) is 7. The van der Waals surface area contributed by atoms with E-state index >= 15 is 0 Å². The maximum atomic E-state index is 12.0. The van der Waals surface area contributed by atoms with Gasteiger partial charge in [0.1, 0.15) is 16.9 Å². The summed E-state index contributed by atoms with van der Waals surface area (Å²) in [6.07, 6.45) is 0. The molecule has 0 saturated carbocycles. The molecule has 0 spiro atoms. The molecule has 0 aliphatic rings. The highest BCUT2D eigenvalue weighted by Crippen LogP contribution is 2.29. The number of nitrogens with one attached hydrogen (secondary N) is 1. The maximum absolute atomic E-state index is 12.0. The number of aryl methyl sites for hydroxylation is 2. The second-order valence-corrected chi connectivity index (χ2v) is 4.51. The Hall–Kier alpha value is -2.90. The summed E-state index contributed by atoms with van der Waals surface area (Å²) in [4.78, 5) is 23.6. The van der Waals surface area contributed by atoms with Crippen LogP contribution in [0.5, 0.6) is 0 Å². The minimum Gasteiger partial charge on any atom is -0.462 e. The number of ether oxygens (including phenoxy) is 1. The number of amides is 1. The van der Waals surface area contributed by atoms with E-state index in [-0.39, 0.29) is 29.4 Å². The molecule has 0 bridgehead atoms. The molecule has 0 fully saturated rings. The molecule has 0 atom stereocenters.